The molecule has 2 nitrogen and oxygen atoms in total. The fourth-order valence-corrected chi connectivity index (χ4v) is 1.40. The summed E-state index contributed by atoms with van der Waals surface area (Å²) in [6, 6.07) is 0. The van der Waals surface area contributed by atoms with Crippen molar-refractivity contribution in [2.45, 2.75) is 13.3 Å². The van der Waals surface area contributed by atoms with Crippen LogP contribution in [0, 0.1) is 5.92 Å². The summed E-state index contributed by atoms with van der Waals surface area (Å²) >= 11 is 1.66. The predicted molar refractivity (Wildman–Crippen MR) is 41.4 cm³/mol. The Hall–Kier alpha value is -0.180. The number of hydrogen-bond acceptors (Lipinski definition) is 2. The van der Waals surface area contributed by atoms with Gasteiger partial charge in [-0.05, 0) is 12.7 Å². The van der Waals surface area contributed by atoms with Crippen LogP contribution in [0.5, 0.6) is 0 Å². The van der Waals surface area contributed by atoms with E-state index in [0.29, 0.717) is 0 Å². The maximum Gasteiger partial charge on any atom is 0.221 e. The van der Waals surface area contributed by atoms with E-state index in [-0.39, 0.29) is 11.8 Å². The molecule has 1 unspecified atom stereocenters. The van der Waals surface area contributed by atoms with E-state index in [0.717, 1.165) is 12.2 Å². The van der Waals surface area contributed by atoms with Crippen LogP contribution in [0.1, 0.15) is 13.3 Å². The van der Waals surface area contributed by atoms with E-state index in [4.69, 9.17) is 5.73 Å². The quantitative estimate of drug-likeness (QED) is 0.641. The molecule has 54 valence electrons. The van der Waals surface area contributed by atoms with E-state index in [2.05, 4.69) is 0 Å². The number of primary amides is 1. The molecule has 1 atom stereocenters. The molecule has 0 aliphatic carbocycles. The highest BCUT2D eigenvalue weighted by atomic mass is 32.2. The van der Waals surface area contributed by atoms with Crippen molar-refractivity contribution in [3.8, 4) is 0 Å². The molecule has 0 saturated heterocycles. The van der Waals surface area contributed by atoms with Crippen LogP contribution in [0.2, 0.25) is 0 Å². The zero-order chi connectivity index (χ0) is 7.28. The predicted octanol–water partition coefficient (Wildman–Crippen LogP) is 0.861. The molecule has 3 heteroatoms. The lowest BCUT2D eigenvalue weighted by atomic mass is 10.1. The first kappa shape index (κ1) is 8.82. The molecule has 2 N–H and O–H groups in total. The number of carbonyl (C=O) groups is 1. The van der Waals surface area contributed by atoms with E-state index in [9.17, 15) is 4.79 Å². The van der Waals surface area contributed by atoms with Gasteiger partial charge in [-0.15, -0.1) is 0 Å². The molecule has 0 aliphatic heterocycles. The summed E-state index contributed by atoms with van der Waals surface area (Å²) in [6.07, 6.45) is 2.84. The minimum absolute atomic E-state index is 0.0694. The molecule has 0 spiro atoms. The van der Waals surface area contributed by atoms with Gasteiger partial charge in [0.2, 0.25) is 5.91 Å². The Morgan fingerprint density at radius 1 is 1.78 bits per heavy atom. The fourth-order valence-electron chi connectivity index (χ4n) is 0.602. The standard InChI is InChI=1S/C6H13NOS/c1-3-5(4-9-2)6(7)8/h5H,3-4H2,1-2H3,(H2,7,8). The molecule has 9 heavy (non-hydrogen) atoms. The minimum atomic E-state index is -0.174. The highest BCUT2D eigenvalue weighted by molar-refractivity contribution is 7.98. The van der Waals surface area contributed by atoms with E-state index in [1.807, 2.05) is 13.2 Å². The third-order valence-corrected chi connectivity index (χ3v) is 2.00. The third-order valence-electron chi connectivity index (χ3n) is 1.26. The second kappa shape index (κ2) is 4.68. The molecular formula is C6H13NOS. The Kier molecular flexibility index (Phi) is 4.58. The Morgan fingerprint density at radius 2 is 2.33 bits per heavy atom. The van der Waals surface area contributed by atoms with Gasteiger partial charge in [0, 0.05) is 11.7 Å². The molecule has 0 radical (unpaired) electrons. The molecule has 0 aromatic carbocycles. The van der Waals surface area contributed by atoms with Crippen molar-refractivity contribution in [3.63, 3.8) is 0 Å². The maximum absolute atomic E-state index is 10.5. The molecule has 0 aliphatic rings. The van der Waals surface area contributed by atoms with E-state index >= 15 is 0 Å². The van der Waals surface area contributed by atoms with Gasteiger partial charge in [-0.25, -0.2) is 0 Å². The molecule has 0 bridgehead atoms. The van der Waals surface area contributed by atoms with Crippen LogP contribution in [0.15, 0.2) is 0 Å². The lowest BCUT2D eigenvalue weighted by Gasteiger charge is -2.06. The van der Waals surface area contributed by atoms with E-state index in [1.54, 1.807) is 11.8 Å². The Labute approximate surface area is 60.2 Å². The van der Waals surface area contributed by atoms with Crippen LogP contribution < -0.4 is 5.73 Å². The smallest absolute Gasteiger partial charge is 0.221 e. The lowest BCUT2D eigenvalue weighted by molar-refractivity contribution is -0.121. The van der Waals surface area contributed by atoms with Gasteiger partial charge in [0.1, 0.15) is 0 Å². The van der Waals surface area contributed by atoms with Crippen molar-refractivity contribution < 1.29 is 4.79 Å². The van der Waals surface area contributed by atoms with E-state index < -0.39 is 0 Å². The third kappa shape index (κ3) is 3.40. The van der Waals surface area contributed by atoms with Crippen LogP contribution in [-0.2, 0) is 4.79 Å². The zero-order valence-corrected chi connectivity index (χ0v) is 6.70. The normalized spacial score (nSPS) is 13.1. The van der Waals surface area contributed by atoms with Crippen molar-refractivity contribution in [1.29, 1.82) is 0 Å². The number of hydrogen-bond donors (Lipinski definition) is 1. The number of rotatable bonds is 4. The van der Waals surface area contributed by atoms with Crippen LogP contribution in [0.25, 0.3) is 0 Å². The van der Waals surface area contributed by atoms with Gasteiger partial charge in [-0.3, -0.25) is 4.79 Å². The topological polar surface area (TPSA) is 43.1 Å². The summed E-state index contributed by atoms with van der Waals surface area (Å²) in [5.74, 6) is 0.748. The second-order valence-corrected chi connectivity index (χ2v) is 2.87. The number of amides is 1. The summed E-state index contributed by atoms with van der Waals surface area (Å²) in [5.41, 5.74) is 5.08. The second-order valence-electron chi connectivity index (χ2n) is 1.96. The first-order valence-electron chi connectivity index (χ1n) is 3.00. The van der Waals surface area contributed by atoms with Crippen LogP contribution in [0.4, 0.5) is 0 Å². The fraction of sp³-hybridized carbons (Fsp3) is 0.833. The lowest BCUT2D eigenvalue weighted by Crippen LogP contribution is -2.24. The molecular weight excluding hydrogens is 134 g/mol. The molecule has 0 aromatic heterocycles. The van der Waals surface area contributed by atoms with Crippen molar-refractivity contribution in [2.24, 2.45) is 11.7 Å². The zero-order valence-electron chi connectivity index (χ0n) is 5.89. The van der Waals surface area contributed by atoms with Crippen LogP contribution in [0.3, 0.4) is 0 Å². The highest BCUT2D eigenvalue weighted by Gasteiger charge is 2.10. The Bertz CT molecular complexity index is 95.1. The number of thioether (sulfide) groups is 1. The first-order valence-corrected chi connectivity index (χ1v) is 4.40. The molecule has 0 aromatic rings. The van der Waals surface area contributed by atoms with Crippen molar-refractivity contribution in [2.75, 3.05) is 12.0 Å². The van der Waals surface area contributed by atoms with Gasteiger partial charge < -0.3 is 5.73 Å². The van der Waals surface area contributed by atoms with Crippen molar-refractivity contribution in [3.05, 3.63) is 0 Å². The molecule has 0 saturated carbocycles. The number of carbonyl (C=O) groups excluding carboxylic acids is 1. The molecule has 0 rings (SSSR count). The van der Waals surface area contributed by atoms with Gasteiger partial charge in [0.25, 0.3) is 0 Å². The minimum Gasteiger partial charge on any atom is -0.369 e. The van der Waals surface area contributed by atoms with E-state index in [1.165, 1.54) is 0 Å². The average Bonchev–Trinajstić information content (AvgIpc) is 1.82. The van der Waals surface area contributed by atoms with Gasteiger partial charge in [-0.2, -0.15) is 11.8 Å². The number of nitrogens with two attached hydrogens (primary N) is 1. The van der Waals surface area contributed by atoms with Gasteiger partial charge in [0.15, 0.2) is 0 Å². The first-order chi connectivity index (χ1) is 4.22. The average molecular weight is 147 g/mol. The van der Waals surface area contributed by atoms with Gasteiger partial charge >= 0.3 is 0 Å². The Balaban J connectivity index is 3.54. The Morgan fingerprint density at radius 3 is 2.44 bits per heavy atom. The summed E-state index contributed by atoms with van der Waals surface area (Å²) in [5, 5.41) is 0. The maximum atomic E-state index is 10.5. The molecule has 0 fully saturated rings. The van der Waals surface area contributed by atoms with Crippen LogP contribution in [-0.4, -0.2) is 17.9 Å². The largest absolute Gasteiger partial charge is 0.369 e. The monoisotopic (exact) mass is 147 g/mol. The van der Waals surface area contributed by atoms with Crippen molar-refractivity contribution >= 4 is 17.7 Å². The summed E-state index contributed by atoms with van der Waals surface area (Å²) in [7, 11) is 0. The van der Waals surface area contributed by atoms with Gasteiger partial charge in [-0.1, -0.05) is 6.92 Å². The molecule has 0 heterocycles. The highest BCUT2D eigenvalue weighted by Crippen LogP contribution is 2.07. The molecule has 1 amide bonds. The van der Waals surface area contributed by atoms with Crippen molar-refractivity contribution in [1.82, 2.24) is 0 Å². The SMILES string of the molecule is CCC(CSC)C(N)=O. The summed E-state index contributed by atoms with van der Waals surface area (Å²) < 4.78 is 0. The summed E-state index contributed by atoms with van der Waals surface area (Å²) in [6.45, 7) is 1.98. The van der Waals surface area contributed by atoms with Gasteiger partial charge in [0.05, 0.1) is 0 Å². The van der Waals surface area contributed by atoms with Crippen LogP contribution >= 0.6 is 11.8 Å². The summed E-state index contributed by atoms with van der Waals surface area (Å²) in [4.78, 5) is 10.5.